The first kappa shape index (κ1) is 37.0. The third-order valence-electron chi connectivity index (χ3n) is 7.01. The Morgan fingerprint density at radius 3 is 1.27 bits per heavy atom. The van der Waals surface area contributed by atoms with Crippen molar-refractivity contribution in [1.82, 2.24) is 0 Å². The van der Waals surface area contributed by atoms with Crippen LogP contribution in [0.4, 0.5) is 0 Å². The summed E-state index contributed by atoms with van der Waals surface area (Å²) < 4.78 is 11.7. The highest BCUT2D eigenvalue weighted by molar-refractivity contribution is 8.00. The monoisotopic (exact) mass is 554 g/mol. The van der Waals surface area contributed by atoms with Gasteiger partial charge in [-0.3, -0.25) is 0 Å². The highest BCUT2D eigenvalue weighted by Crippen LogP contribution is 2.31. The van der Waals surface area contributed by atoms with E-state index in [1.54, 1.807) is 0 Å². The molecular formula is C28H58O8S. The predicted molar refractivity (Wildman–Crippen MR) is 151 cm³/mol. The van der Waals surface area contributed by atoms with Crippen molar-refractivity contribution in [1.29, 1.82) is 0 Å². The zero-order valence-corrected chi connectivity index (χ0v) is 24.7. The lowest BCUT2D eigenvalue weighted by molar-refractivity contribution is 0.00336. The van der Waals surface area contributed by atoms with Gasteiger partial charge in [-0.2, -0.15) is 0 Å². The molecule has 0 aliphatic rings. The van der Waals surface area contributed by atoms with E-state index in [1.807, 2.05) is 0 Å². The zero-order chi connectivity index (χ0) is 28.1. The second kappa shape index (κ2) is 23.9. The maximum absolute atomic E-state index is 10.9. The first-order valence-electron chi connectivity index (χ1n) is 14.5. The second-order valence-electron chi connectivity index (χ2n) is 10.4. The summed E-state index contributed by atoms with van der Waals surface area (Å²) in [7, 11) is 0. The molecule has 0 rings (SSSR count). The number of aliphatic hydroxyl groups is 6. The minimum absolute atomic E-state index is 0.0793. The van der Waals surface area contributed by atoms with Gasteiger partial charge in [0.25, 0.3) is 0 Å². The van der Waals surface area contributed by atoms with Crippen molar-refractivity contribution in [2.45, 2.75) is 127 Å². The molecule has 8 unspecified atom stereocenters. The SMILES string of the molecule is CCCCC(CC)COCC(O)C(CC(O)CO)SC(CC(O)CO)C(O)COCC(CC)CCCC. The summed E-state index contributed by atoms with van der Waals surface area (Å²) in [5.74, 6) is 0.856. The maximum Gasteiger partial charge on any atom is 0.0892 e. The van der Waals surface area contributed by atoms with E-state index in [0.29, 0.717) is 25.0 Å². The molecule has 0 aliphatic heterocycles. The van der Waals surface area contributed by atoms with Crippen molar-refractivity contribution in [2.75, 3.05) is 39.6 Å². The molecule has 0 aromatic carbocycles. The summed E-state index contributed by atoms with van der Waals surface area (Å²) in [5, 5.41) is 59.8. The Kier molecular flexibility index (Phi) is 23.9. The fraction of sp³-hybridized carbons (Fsp3) is 1.00. The quantitative estimate of drug-likeness (QED) is 0.0951. The fourth-order valence-electron chi connectivity index (χ4n) is 4.24. The Morgan fingerprint density at radius 2 is 0.973 bits per heavy atom. The van der Waals surface area contributed by atoms with Gasteiger partial charge in [0, 0.05) is 23.7 Å². The summed E-state index contributed by atoms with van der Waals surface area (Å²) in [4.78, 5) is 0. The summed E-state index contributed by atoms with van der Waals surface area (Å²) in [5.41, 5.74) is 0. The van der Waals surface area contributed by atoms with Gasteiger partial charge in [0.1, 0.15) is 0 Å². The highest BCUT2D eigenvalue weighted by Gasteiger charge is 2.31. The molecule has 0 amide bonds. The number of thioether (sulfide) groups is 1. The van der Waals surface area contributed by atoms with Crippen molar-refractivity contribution in [3.05, 3.63) is 0 Å². The standard InChI is InChI=1S/C28H58O8S/c1-5-9-11-21(7-3)17-35-19-25(33)27(13-23(31)15-29)37-28(14-24(32)16-30)26(34)20-36-18-22(8-4)12-10-6-2/h21-34H,5-20H2,1-4H3. The van der Waals surface area contributed by atoms with Gasteiger partial charge < -0.3 is 40.1 Å². The molecule has 8 atom stereocenters. The van der Waals surface area contributed by atoms with E-state index in [0.717, 1.165) is 51.4 Å². The van der Waals surface area contributed by atoms with Gasteiger partial charge in [-0.25, -0.2) is 0 Å². The number of hydrogen-bond acceptors (Lipinski definition) is 9. The number of unbranched alkanes of at least 4 members (excludes halogenated alkanes) is 2. The minimum Gasteiger partial charge on any atom is -0.394 e. The maximum atomic E-state index is 10.9. The van der Waals surface area contributed by atoms with Crippen LogP contribution in [0.5, 0.6) is 0 Å². The van der Waals surface area contributed by atoms with Gasteiger partial charge in [-0.1, -0.05) is 66.2 Å². The lowest BCUT2D eigenvalue weighted by Gasteiger charge is -2.32. The van der Waals surface area contributed by atoms with Crippen molar-refractivity contribution in [2.24, 2.45) is 11.8 Å². The molecule has 0 aliphatic carbocycles. The predicted octanol–water partition coefficient (Wildman–Crippen LogP) is 3.13. The highest BCUT2D eigenvalue weighted by atomic mass is 32.2. The van der Waals surface area contributed by atoms with Crippen molar-refractivity contribution < 1.29 is 40.1 Å². The lowest BCUT2D eigenvalue weighted by atomic mass is 10.0. The van der Waals surface area contributed by atoms with Crippen LogP contribution in [-0.2, 0) is 9.47 Å². The van der Waals surface area contributed by atoms with Gasteiger partial charge >= 0.3 is 0 Å². The Morgan fingerprint density at radius 1 is 0.595 bits per heavy atom. The van der Waals surface area contributed by atoms with Crippen LogP contribution in [0.15, 0.2) is 0 Å². The molecular weight excluding hydrogens is 496 g/mol. The van der Waals surface area contributed by atoms with Crippen LogP contribution in [0, 0.1) is 11.8 Å². The van der Waals surface area contributed by atoms with Gasteiger partial charge in [0.2, 0.25) is 0 Å². The summed E-state index contributed by atoms with van der Waals surface area (Å²) in [6.07, 6.45) is 4.97. The molecule has 9 heteroatoms. The van der Waals surface area contributed by atoms with Crippen LogP contribution >= 0.6 is 11.8 Å². The minimum atomic E-state index is -1.03. The molecule has 0 aromatic rings. The molecule has 0 saturated heterocycles. The van der Waals surface area contributed by atoms with E-state index in [2.05, 4.69) is 27.7 Å². The van der Waals surface area contributed by atoms with E-state index >= 15 is 0 Å². The average molecular weight is 555 g/mol. The van der Waals surface area contributed by atoms with Crippen LogP contribution in [0.1, 0.15) is 91.9 Å². The molecule has 224 valence electrons. The van der Waals surface area contributed by atoms with Gasteiger partial charge in [0.15, 0.2) is 0 Å². The van der Waals surface area contributed by atoms with Crippen molar-refractivity contribution in [3.8, 4) is 0 Å². The average Bonchev–Trinajstić information content (AvgIpc) is 2.90. The Hall–Kier alpha value is 0.0300. The first-order chi connectivity index (χ1) is 17.8. The van der Waals surface area contributed by atoms with Gasteiger partial charge in [-0.15, -0.1) is 11.8 Å². The summed E-state index contributed by atoms with van der Waals surface area (Å²) in [6.45, 7) is 8.95. The summed E-state index contributed by atoms with van der Waals surface area (Å²) >= 11 is 1.25. The Labute approximate surface area is 230 Å². The van der Waals surface area contributed by atoms with Gasteiger partial charge in [0.05, 0.1) is 50.8 Å². The van der Waals surface area contributed by atoms with Gasteiger partial charge in [-0.05, 0) is 37.5 Å². The van der Waals surface area contributed by atoms with E-state index in [-0.39, 0.29) is 26.1 Å². The smallest absolute Gasteiger partial charge is 0.0892 e. The molecule has 8 nitrogen and oxygen atoms in total. The fourth-order valence-corrected chi connectivity index (χ4v) is 5.87. The molecule has 37 heavy (non-hydrogen) atoms. The molecule has 0 saturated carbocycles. The van der Waals surface area contributed by atoms with E-state index in [4.69, 9.17) is 9.47 Å². The van der Waals surface area contributed by atoms with Crippen molar-refractivity contribution in [3.63, 3.8) is 0 Å². The molecule has 0 aromatic heterocycles. The number of rotatable bonds is 26. The van der Waals surface area contributed by atoms with E-state index < -0.39 is 48.1 Å². The van der Waals surface area contributed by atoms with E-state index in [9.17, 15) is 30.6 Å². The lowest BCUT2D eigenvalue weighted by Crippen LogP contribution is -2.39. The van der Waals surface area contributed by atoms with Crippen LogP contribution in [0.2, 0.25) is 0 Å². The molecule has 0 spiro atoms. The number of hydrogen-bond donors (Lipinski definition) is 6. The summed E-state index contributed by atoms with van der Waals surface area (Å²) in [6, 6.07) is 0. The first-order valence-corrected chi connectivity index (χ1v) is 15.4. The third-order valence-corrected chi connectivity index (χ3v) is 8.72. The third kappa shape index (κ3) is 18.1. The van der Waals surface area contributed by atoms with Crippen molar-refractivity contribution >= 4 is 11.8 Å². The topological polar surface area (TPSA) is 140 Å². The molecule has 0 radical (unpaired) electrons. The molecule has 0 bridgehead atoms. The Balaban J connectivity index is 5.19. The molecule has 0 heterocycles. The largest absolute Gasteiger partial charge is 0.394 e. The Bertz CT molecular complexity index is 459. The number of ether oxygens (including phenoxy) is 2. The van der Waals surface area contributed by atoms with Crippen LogP contribution in [0.25, 0.3) is 0 Å². The number of aliphatic hydroxyl groups excluding tert-OH is 6. The zero-order valence-electron chi connectivity index (χ0n) is 23.8. The molecule has 0 fully saturated rings. The van der Waals surface area contributed by atoms with E-state index in [1.165, 1.54) is 11.8 Å². The van der Waals surface area contributed by atoms with Crippen LogP contribution in [0.3, 0.4) is 0 Å². The molecule has 6 N–H and O–H groups in total. The van der Waals surface area contributed by atoms with Crippen LogP contribution in [-0.4, -0.2) is 105 Å². The van der Waals surface area contributed by atoms with Crippen LogP contribution < -0.4 is 0 Å². The normalized spacial score (nSPS) is 18.6. The second-order valence-corrected chi connectivity index (χ2v) is 11.9.